The normalized spacial score (nSPS) is 13.0. The van der Waals surface area contributed by atoms with Crippen LogP contribution in [-0.2, 0) is 9.53 Å². The van der Waals surface area contributed by atoms with Crippen LogP contribution in [0.2, 0.25) is 0 Å². The second-order valence-corrected chi connectivity index (χ2v) is 4.64. The van der Waals surface area contributed by atoms with E-state index in [4.69, 9.17) is 9.47 Å². The number of esters is 1. The van der Waals surface area contributed by atoms with Gasteiger partial charge in [0.15, 0.2) is 11.5 Å². The summed E-state index contributed by atoms with van der Waals surface area (Å²) in [5.74, 6) is 0.225. The zero-order chi connectivity index (χ0) is 14.0. The Kier molecular flexibility index (Phi) is 3.33. The van der Waals surface area contributed by atoms with Gasteiger partial charge in [0, 0.05) is 5.56 Å². The molecule has 0 atom stereocenters. The lowest BCUT2D eigenvalue weighted by Crippen LogP contribution is -2.50. The van der Waals surface area contributed by atoms with Crippen molar-refractivity contribution in [3.8, 4) is 11.5 Å². The van der Waals surface area contributed by atoms with Crippen molar-refractivity contribution in [3.63, 3.8) is 0 Å². The minimum Gasteiger partial charge on any atom is -0.467 e. The summed E-state index contributed by atoms with van der Waals surface area (Å²) in [6, 6.07) is 4.84. The molecule has 2 rings (SSSR count). The maximum Gasteiger partial charge on any atom is 0.330 e. The van der Waals surface area contributed by atoms with Crippen molar-refractivity contribution in [1.82, 2.24) is 5.32 Å². The van der Waals surface area contributed by atoms with Crippen LogP contribution in [0.3, 0.4) is 0 Å². The molecule has 6 nitrogen and oxygen atoms in total. The molecule has 19 heavy (non-hydrogen) atoms. The van der Waals surface area contributed by atoms with Crippen molar-refractivity contribution in [2.45, 2.75) is 19.4 Å². The van der Waals surface area contributed by atoms with Crippen LogP contribution in [0.1, 0.15) is 24.2 Å². The van der Waals surface area contributed by atoms with Crippen molar-refractivity contribution in [2.24, 2.45) is 0 Å². The Bertz CT molecular complexity index is 524. The molecule has 6 heteroatoms. The molecule has 1 aliphatic heterocycles. The first-order valence-corrected chi connectivity index (χ1v) is 5.74. The highest BCUT2D eigenvalue weighted by atomic mass is 16.7. The van der Waals surface area contributed by atoms with Gasteiger partial charge in [0.05, 0.1) is 7.11 Å². The number of carbonyl (C=O) groups is 2. The van der Waals surface area contributed by atoms with Gasteiger partial charge in [0.2, 0.25) is 6.79 Å². The Morgan fingerprint density at radius 3 is 2.63 bits per heavy atom. The summed E-state index contributed by atoms with van der Waals surface area (Å²) >= 11 is 0. The first kappa shape index (κ1) is 13.2. The number of nitrogens with one attached hydrogen (secondary N) is 1. The molecule has 102 valence electrons. The van der Waals surface area contributed by atoms with Gasteiger partial charge >= 0.3 is 5.97 Å². The predicted octanol–water partition coefficient (Wildman–Crippen LogP) is 1.10. The molecule has 0 saturated heterocycles. The summed E-state index contributed by atoms with van der Waals surface area (Å²) < 4.78 is 15.0. The van der Waals surface area contributed by atoms with E-state index in [1.165, 1.54) is 7.11 Å². The number of ether oxygens (including phenoxy) is 3. The molecule has 0 bridgehead atoms. The van der Waals surface area contributed by atoms with Crippen molar-refractivity contribution >= 4 is 11.9 Å². The van der Waals surface area contributed by atoms with E-state index in [0.29, 0.717) is 17.1 Å². The smallest absolute Gasteiger partial charge is 0.330 e. The third kappa shape index (κ3) is 2.62. The van der Waals surface area contributed by atoms with E-state index in [9.17, 15) is 9.59 Å². The Morgan fingerprint density at radius 2 is 1.95 bits per heavy atom. The van der Waals surface area contributed by atoms with Crippen LogP contribution in [0.15, 0.2) is 18.2 Å². The Hall–Kier alpha value is -2.24. The van der Waals surface area contributed by atoms with E-state index in [-0.39, 0.29) is 12.7 Å². The van der Waals surface area contributed by atoms with Gasteiger partial charge in [0.25, 0.3) is 5.91 Å². The number of fused-ring (bicyclic) bond motifs is 1. The molecule has 1 N–H and O–H groups in total. The fourth-order valence-corrected chi connectivity index (χ4v) is 1.70. The zero-order valence-corrected chi connectivity index (χ0v) is 11.0. The monoisotopic (exact) mass is 265 g/mol. The van der Waals surface area contributed by atoms with Crippen molar-refractivity contribution in [1.29, 1.82) is 0 Å². The molecule has 0 spiro atoms. The molecule has 0 saturated carbocycles. The van der Waals surface area contributed by atoms with Crippen LogP contribution in [0.4, 0.5) is 0 Å². The number of carbonyl (C=O) groups excluding carboxylic acids is 2. The lowest BCUT2D eigenvalue weighted by Gasteiger charge is -2.23. The highest BCUT2D eigenvalue weighted by Gasteiger charge is 2.31. The summed E-state index contributed by atoms with van der Waals surface area (Å²) in [6.45, 7) is 3.29. The van der Waals surface area contributed by atoms with Gasteiger partial charge in [-0.25, -0.2) is 4.79 Å². The topological polar surface area (TPSA) is 73.9 Å². The first-order valence-electron chi connectivity index (χ1n) is 5.74. The third-order valence-electron chi connectivity index (χ3n) is 2.76. The largest absolute Gasteiger partial charge is 0.467 e. The number of rotatable bonds is 3. The highest BCUT2D eigenvalue weighted by molar-refractivity contribution is 5.98. The van der Waals surface area contributed by atoms with Crippen molar-refractivity contribution in [3.05, 3.63) is 23.8 Å². The average Bonchev–Trinajstić information content (AvgIpc) is 2.84. The van der Waals surface area contributed by atoms with E-state index in [0.717, 1.165) is 0 Å². The standard InChI is InChI=1S/C13H15NO5/c1-13(2,12(16)17-3)14-11(15)8-4-5-9-10(6-8)19-7-18-9/h4-6H,7H2,1-3H3,(H,14,15). The quantitative estimate of drug-likeness (QED) is 0.828. The van der Waals surface area contributed by atoms with Crippen molar-refractivity contribution < 1.29 is 23.8 Å². The SMILES string of the molecule is COC(=O)C(C)(C)NC(=O)c1ccc2c(c1)OCO2. The summed E-state index contributed by atoms with van der Waals surface area (Å²) in [6.07, 6.45) is 0. The Labute approximate surface area is 110 Å². The highest BCUT2D eigenvalue weighted by Crippen LogP contribution is 2.32. The first-order chi connectivity index (χ1) is 8.94. The minimum atomic E-state index is -1.10. The molecular formula is C13H15NO5. The van der Waals surface area contributed by atoms with E-state index in [1.807, 2.05) is 0 Å². The van der Waals surface area contributed by atoms with Crippen LogP contribution >= 0.6 is 0 Å². The summed E-state index contributed by atoms with van der Waals surface area (Å²) in [7, 11) is 1.27. The average molecular weight is 265 g/mol. The Balaban J connectivity index is 2.14. The summed E-state index contributed by atoms with van der Waals surface area (Å²) in [4.78, 5) is 23.6. The van der Waals surface area contributed by atoms with Gasteiger partial charge in [-0.15, -0.1) is 0 Å². The number of hydrogen-bond acceptors (Lipinski definition) is 5. The summed E-state index contributed by atoms with van der Waals surface area (Å²) in [5, 5.41) is 2.60. The van der Waals surface area contributed by atoms with Crippen LogP contribution in [-0.4, -0.2) is 31.3 Å². The number of hydrogen-bond donors (Lipinski definition) is 1. The maximum atomic E-state index is 12.1. The molecule has 1 heterocycles. The molecule has 0 unspecified atom stereocenters. The van der Waals surface area contributed by atoms with E-state index in [2.05, 4.69) is 10.1 Å². The van der Waals surface area contributed by atoms with E-state index >= 15 is 0 Å². The number of amides is 1. The van der Waals surface area contributed by atoms with Crippen LogP contribution in [0.5, 0.6) is 11.5 Å². The van der Waals surface area contributed by atoms with Gasteiger partial charge in [-0.05, 0) is 32.0 Å². The summed E-state index contributed by atoms with van der Waals surface area (Å²) in [5.41, 5.74) is -0.705. The third-order valence-corrected chi connectivity index (χ3v) is 2.76. The van der Waals surface area contributed by atoms with Crippen LogP contribution < -0.4 is 14.8 Å². The fourth-order valence-electron chi connectivity index (χ4n) is 1.70. The van der Waals surface area contributed by atoms with Gasteiger partial charge in [0.1, 0.15) is 5.54 Å². The van der Waals surface area contributed by atoms with E-state index in [1.54, 1.807) is 32.0 Å². The minimum absolute atomic E-state index is 0.147. The molecule has 0 fully saturated rings. The second-order valence-electron chi connectivity index (χ2n) is 4.64. The molecule has 1 amide bonds. The molecule has 0 radical (unpaired) electrons. The lowest BCUT2D eigenvalue weighted by molar-refractivity contribution is -0.146. The maximum absolute atomic E-state index is 12.1. The zero-order valence-electron chi connectivity index (χ0n) is 11.0. The van der Waals surface area contributed by atoms with Crippen LogP contribution in [0.25, 0.3) is 0 Å². The molecular weight excluding hydrogens is 250 g/mol. The fraction of sp³-hybridized carbons (Fsp3) is 0.385. The molecule has 0 aliphatic carbocycles. The van der Waals surface area contributed by atoms with Gasteiger partial charge in [-0.2, -0.15) is 0 Å². The van der Waals surface area contributed by atoms with E-state index < -0.39 is 11.5 Å². The molecule has 1 aromatic carbocycles. The molecule has 1 aliphatic rings. The number of benzene rings is 1. The second kappa shape index (κ2) is 4.79. The van der Waals surface area contributed by atoms with Gasteiger partial charge < -0.3 is 19.5 Å². The number of methoxy groups -OCH3 is 1. The van der Waals surface area contributed by atoms with Crippen LogP contribution in [0, 0.1) is 0 Å². The Morgan fingerprint density at radius 1 is 1.26 bits per heavy atom. The lowest BCUT2D eigenvalue weighted by atomic mass is 10.0. The predicted molar refractivity (Wildman–Crippen MR) is 66.1 cm³/mol. The molecule has 1 aromatic rings. The van der Waals surface area contributed by atoms with Gasteiger partial charge in [-0.3, -0.25) is 4.79 Å². The van der Waals surface area contributed by atoms with Gasteiger partial charge in [-0.1, -0.05) is 0 Å². The van der Waals surface area contributed by atoms with Crippen molar-refractivity contribution in [2.75, 3.05) is 13.9 Å². The molecule has 0 aromatic heterocycles.